The molecule has 0 amide bonds. The molecule has 21 heavy (non-hydrogen) atoms. The summed E-state index contributed by atoms with van der Waals surface area (Å²) < 4.78 is 1.61. The number of pyridine rings is 1. The summed E-state index contributed by atoms with van der Waals surface area (Å²) in [6, 6.07) is 0. The standard InChI is InChI=1S/C14H20N4O3/c1-3-4-5-18(6-7-19)12-10-9-16-17(2)13(10)15-8-11(12)14(20)21/h8-9,19H,3-7H2,1-2H3,(H,20,21). The minimum atomic E-state index is -1.03. The zero-order valence-electron chi connectivity index (χ0n) is 12.3. The second-order valence-electron chi connectivity index (χ2n) is 4.90. The van der Waals surface area contributed by atoms with Crippen LogP contribution in [-0.2, 0) is 7.05 Å². The molecule has 0 radical (unpaired) electrons. The van der Waals surface area contributed by atoms with Crippen molar-refractivity contribution in [2.45, 2.75) is 19.8 Å². The lowest BCUT2D eigenvalue weighted by Crippen LogP contribution is -2.29. The second-order valence-corrected chi connectivity index (χ2v) is 4.90. The molecular weight excluding hydrogens is 272 g/mol. The Hall–Kier alpha value is -2.15. The van der Waals surface area contributed by atoms with Crippen LogP contribution >= 0.6 is 0 Å². The number of carboxylic acids is 1. The van der Waals surface area contributed by atoms with E-state index in [1.165, 1.54) is 6.20 Å². The number of aromatic nitrogens is 3. The number of fused-ring (bicyclic) bond motifs is 1. The quantitative estimate of drug-likeness (QED) is 0.798. The number of rotatable bonds is 7. The van der Waals surface area contributed by atoms with E-state index in [1.54, 1.807) is 17.9 Å². The van der Waals surface area contributed by atoms with E-state index in [0.29, 0.717) is 29.8 Å². The third-order valence-electron chi connectivity index (χ3n) is 3.43. The Balaban J connectivity index is 2.60. The van der Waals surface area contributed by atoms with E-state index in [4.69, 9.17) is 0 Å². The van der Waals surface area contributed by atoms with Crippen molar-refractivity contribution in [3.05, 3.63) is 18.0 Å². The maximum Gasteiger partial charge on any atom is 0.339 e. The number of carboxylic acid groups (broad SMARTS) is 1. The smallest absolute Gasteiger partial charge is 0.339 e. The highest BCUT2D eigenvalue weighted by molar-refractivity contribution is 6.03. The molecular formula is C14H20N4O3. The topological polar surface area (TPSA) is 91.5 Å². The van der Waals surface area contributed by atoms with Crippen LogP contribution < -0.4 is 4.90 Å². The Kier molecular flexibility index (Phi) is 4.74. The fourth-order valence-corrected chi connectivity index (χ4v) is 2.39. The molecule has 0 bridgehead atoms. The lowest BCUT2D eigenvalue weighted by atomic mass is 10.1. The molecule has 0 unspecified atom stereocenters. The van der Waals surface area contributed by atoms with Crippen LogP contribution in [0.2, 0.25) is 0 Å². The number of aryl methyl sites for hydroxylation is 1. The molecule has 0 spiro atoms. The highest BCUT2D eigenvalue weighted by atomic mass is 16.4. The van der Waals surface area contributed by atoms with Gasteiger partial charge in [-0.05, 0) is 6.42 Å². The van der Waals surface area contributed by atoms with Crippen molar-refractivity contribution in [1.82, 2.24) is 14.8 Å². The van der Waals surface area contributed by atoms with Gasteiger partial charge in [0.1, 0.15) is 5.56 Å². The largest absolute Gasteiger partial charge is 0.478 e. The summed E-state index contributed by atoms with van der Waals surface area (Å²) in [6.07, 6.45) is 4.90. The zero-order chi connectivity index (χ0) is 15.4. The third kappa shape index (κ3) is 2.97. The van der Waals surface area contributed by atoms with Gasteiger partial charge in [-0.25, -0.2) is 9.78 Å². The van der Waals surface area contributed by atoms with E-state index in [2.05, 4.69) is 17.0 Å². The van der Waals surface area contributed by atoms with Crippen molar-refractivity contribution in [2.75, 3.05) is 24.6 Å². The molecule has 114 valence electrons. The van der Waals surface area contributed by atoms with Gasteiger partial charge < -0.3 is 15.1 Å². The molecule has 7 nitrogen and oxygen atoms in total. The fourth-order valence-electron chi connectivity index (χ4n) is 2.39. The molecule has 2 rings (SSSR count). The first kappa shape index (κ1) is 15.2. The van der Waals surface area contributed by atoms with Crippen molar-refractivity contribution in [3.8, 4) is 0 Å². The molecule has 2 aromatic heterocycles. The maximum atomic E-state index is 11.5. The Labute approximate surface area is 122 Å². The number of anilines is 1. The number of unbranched alkanes of at least 4 members (excludes halogenated alkanes) is 1. The highest BCUT2D eigenvalue weighted by Gasteiger charge is 2.21. The summed E-state index contributed by atoms with van der Waals surface area (Å²) in [5.41, 5.74) is 1.36. The molecule has 0 saturated heterocycles. The first-order valence-electron chi connectivity index (χ1n) is 7.00. The van der Waals surface area contributed by atoms with Crippen LogP contribution in [0, 0.1) is 0 Å². The molecule has 0 fully saturated rings. The molecule has 2 aromatic rings. The SMILES string of the molecule is CCCCN(CCO)c1c(C(=O)O)cnc2c1cnn2C. The lowest BCUT2D eigenvalue weighted by Gasteiger charge is -2.25. The summed E-state index contributed by atoms with van der Waals surface area (Å²) in [5.74, 6) is -1.03. The predicted octanol–water partition coefficient (Wildman–Crippen LogP) is 1.27. The van der Waals surface area contributed by atoms with E-state index < -0.39 is 5.97 Å². The van der Waals surface area contributed by atoms with Crippen molar-refractivity contribution >= 4 is 22.7 Å². The van der Waals surface area contributed by atoms with E-state index in [9.17, 15) is 15.0 Å². The molecule has 7 heteroatoms. The Morgan fingerprint density at radius 1 is 1.38 bits per heavy atom. The number of carbonyl (C=O) groups is 1. The summed E-state index contributed by atoms with van der Waals surface area (Å²) in [7, 11) is 1.77. The van der Waals surface area contributed by atoms with Crippen LogP contribution in [0.3, 0.4) is 0 Å². The fraction of sp³-hybridized carbons (Fsp3) is 0.500. The first-order chi connectivity index (χ1) is 10.1. The first-order valence-corrected chi connectivity index (χ1v) is 7.00. The number of aliphatic hydroxyl groups excluding tert-OH is 1. The number of hydrogen-bond acceptors (Lipinski definition) is 5. The monoisotopic (exact) mass is 292 g/mol. The summed E-state index contributed by atoms with van der Waals surface area (Å²) in [5, 5.41) is 23.5. The van der Waals surface area contributed by atoms with Gasteiger partial charge in [0.25, 0.3) is 0 Å². The Morgan fingerprint density at radius 3 is 2.76 bits per heavy atom. The number of aliphatic hydroxyl groups is 1. The van der Waals surface area contributed by atoms with Gasteiger partial charge in [0.15, 0.2) is 5.65 Å². The molecule has 0 aliphatic rings. The van der Waals surface area contributed by atoms with Gasteiger partial charge in [-0.3, -0.25) is 4.68 Å². The van der Waals surface area contributed by atoms with Gasteiger partial charge in [0, 0.05) is 26.3 Å². The lowest BCUT2D eigenvalue weighted by molar-refractivity contribution is 0.0697. The van der Waals surface area contributed by atoms with Gasteiger partial charge in [-0.2, -0.15) is 5.10 Å². The van der Waals surface area contributed by atoms with E-state index in [0.717, 1.165) is 12.8 Å². The van der Waals surface area contributed by atoms with Crippen LogP contribution in [-0.4, -0.2) is 50.6 Å². The molecule has 0 aliphatic carbocycles. The van der Waals surface area contributed by atoms with Crippen LogP contribution in [0.4, 0.5) is 5.69 Å². The third-order valence-corrected chi connectivity index (χ3v) is 3.43. The molecule has 0 aromatic carbocycles. The van der Waals surface area contributed by atoms with Crippen molar-refractivity contribution in [2.24, 2.45) is 7.05 Å². The normalized spacial score (nSPS) is 11.0. The van der Waals surface area contributed by atoms with Gasteiger partial charge >= 0.3 is 5.97 Å². The number of nitrogens with zero attached hydrogens (tertiary/aromatic N) is 4. The summed E-state index contributed by atoms with van der Waals surface area (Å²) in [4.78, 5) is 17.6. The average Bonchev–Trinajstić information content (AvgIpc) is 2.84. The van der Waals surface area contributed by atoms with Crippen molar-refractivity contribution < 1.29 is 15.0 Å². The van der Waals surface area contributed by atoms with Crippen molar-refractivity contribution in [1.29, 1.82) is 0 Å². The minimum Gasteiger partial charge on any atom is -0.478 e. The van der Waals surface area contributed by atoms with Gasteiger partial charge in [-0.15, -0.1) is 0 Å². The molecule has 2 N–H and O–H groups in total. The zero-order valence-corrected chi connectivity index (χ0v) is 12.3. The van der Waals surface area contributed by atoms with Crippen molar-refractivity contribution in [3.63, 3.8) is 0 Å². The number of aromatic carboxylic acids is 1. The Morgan fingerprint density at radius 2 is 2.14 bits per heavy atom. The maximum absolute atomic E-state index is 11.5. The average molecular weight is 292 g/mol. The molecule has 0 saturated carbocycles. The van der Waals surface area contributed by atoms with E-state index in [1.807, 2.05) is 4.90 Å². The van der Waals surface area contributed by atoms with E-state index >= 15 is 0 Å². The van der Waals surface area contributed by atoms with Gasteiger partial charge in [0.2, 0.25) is 0 Å². The van der Waals surface area contributed by atoms with Crippen LogP contribution in [0.5, 0.6) is 0 Å². The van der Waals surface area contributed by atoms with E-state index in [-0.39, 0.29) is 12.2 Å². The summed E-state index contributed by atoms with van der Waals surface area (Å²) in [6.45, 7) is 3.11. The number of hydrogen-bond donors (Lipinski definition) is 2. The van der Waals surface area contributed by atoms with Crippen LogP contribution in [0.25, 0.3) is 11.0 Å². The molecule has 0 aliphatic heterocycles. The Bertz CT molecular complexity index is 638. The minimum absolute atomic E-state index is 0.0349. The van der Waals surface area contributed by atoms with Gasteiger partial charge in [0.05, 0.1) is 23.9 Å². The molecule has 0 atom stereocenters. The summed E-state index contributed by atoms with van der Waals surface area (Å²) >= 11 is 0. The van der Waals surface area contributed by atoms with Crippen LogP contribution in [0.15, 0.2) is 12.4 Å². The van der Waals surface area contributed by atoms with Gasteiger partial charge in [-0.1, -0.05) is 13.3 Å². The molecule has 2 heterocycles. The highest BCUT2D eigenvalue weighted by Crippen LogP contribution is 2.29. The predicted molar refractivity (Wildman–Crippen MR) is 79.7 cm³/mol. The van der Waals surface area contributed by atoms with Crippen LogP contribution in [0.1, 0.15) is 30.1 Å². The second kappa shape index (κ2) is 6.53.